The summed E-state index contributed by atoms with van der Waals surface area (Å²) in [6.45, 7) is 3.67. The Morgan fingerprint density at radius 3 is 2.77 bits per heavy atom. The van der Waals surface area contributed by atoms with Crippen LogP contribution in [0.5, 0.6) is 5.75 Å². The normalized spacial score (nSPS) is 14.8. The Balaban J connectivity index is 1.54. The van der Waals surface area contributed by atoms with Crippen LogP contribution in [0.15, 0.2) is 54.7 Å². The van der Waals surface area contributed by atoms with Crippen LogP contribution in [-0.4, -0.2) is 43.4 Å². The first-order chi connectivity index (χ1) is 16.9. The van der Waals surface area contributed by atoms with Crippen molar-refractivity contribution in [2.45, 2.75) is 26.2 Å². The number of nitrogens with one attached hydrogen (secondary N) is 1. The second kappa shape index (κ2) is 8.98. The highest BCUT2D eigenvalue weighted by Crippen LogP contribution is 2.40. The van der Waals surface area contributed by atoms with Crippen molar-refractivity contribution < 1.29 is 14.3 Å². The van der Waals surface area contributed by atoms with Crippen LogP contribution in [0.4, 0.5) is 5.82 Å². The molecule has 10 heteroatoms. The van der Waals surface area contributed by atoms with E-state index >= 15 is 0 Å². The number of rotatable bonds is 6. The van der Waals surface area contributed by atoms with Crippen LogP contribution in [-0.2, 0) is 9.59 Å². The summed E-state index contributed by atoms with van der Waals surface area (Å²) in [4.78, 5) is 28.5. The van der Waals surface area contributed by atoms with Gasteiger partial charge in [-0.2, -0.15) is 14.9 Å². The lowest BCUT2D eigenvalue weighted by molar-refractivity contribution is -0.120. The Labute approximate surface area is 201 Å². The van der Waals surface area contributed by atoms with Crippen molar-refractivity contribution >= 4 is 17.6 Å². The molecule has 176 valence electrons. The minimum Gasteiger partial charge on any atom is -0.484 e. The first-order valence-corrected chi connectivity index (χ1v) is 11.1. The Morgan fingerprint density at radius 1 is 1.20 bits per heavy atom. The van der Waals surface area contributed by atoms with Gasteiger partial charge in [-0.05, 0) is 31.5 Å². The largest absolute Gasteiger partial charge is 0.484 e. The minimum absolute atomic E-state index is 0.158. The molecule has 35 heavy (non-hydrogen) atoms. The summed E-state index contributed by atoms with van der Waals surface area (Å²) in [5.74, 6) is 0.278. The summed E-state index contributed by atoms with van der Waals surface area (Å²) in [6, 6.07) is 15.2. The number of hydrogen-bond acceptors (Lipinski definition) is 7. The number of primary amides is 1. The number of ether oxygens (including phenoxy) is 1. The van der Waals surface area contributed by atoms with Crippen LogP contribution < -0.4 is 15.8 Å². The van der Waals surface area contributed by atoms with Crippen LogP contribution in [0.1, 0.15) is 34.7 Å². The van der Waals surface area contributed by atoms with E-state index in [1.165, 1.54) is 4.68 Å². The molecule has 0 fully saturated rings. The van der Waals surface area contributed by atoms with E-state index < -0.39 is 5.91 Å². The van der Waals surface area contributed by atoms with Gasteiger partial charge < -0.3 is 15.8 Å². The monoisotopic (exact) mass is 469 g/mol. The van der Waals surface area contributed by atoms with Crippen molar-refractivity contribution in [2.24, 2.45) is 5.73 Å². The molecule has 0 saturated heterocycles. The number of benzene rings is 2. The predicted octanol–water partition coefficient (Wildman–Crippen LogP) is 2.68. The number of carbonyl (C=O) groups excluding carboxylic acids is 2. The van der Waals surface area contributed by atoms with Gasteiger partial charge in [0.2, 0.25) is 5.91 Å². The van der Waals surface area contributed by atoms with E-state index in [1.54, 1.807) is 12.3 Å². The lowest BCUT2D eigenvalue weighted by Gasteiger charge is -2.24. The summed E-state index contributed by atoms with van der Waals surface area (Å²) in [5.41, 5.74) is 10.3. The number of fused-ring (bicyclic) bond motifs is 1. The molecular weight excluding hydrogens is 446 g/mol. The summed E-state index contributed by atoms with van der Waals surface area (Å²) in [7, 11) is 0. The van der Waals surface area contributed by atoms with Gasteiger partial charge in [0.1, 0.15) is 11.6 Å². The third kappa shape index (κ3) is 4.45. The van der Waals surface area contributed by atoms with E-state index in [4.69, 9.17) is 10.5 Å². The fraction of sp³-hybridized carbons (Fsp3) is 0.200. The fourth-order valence-electron chi connectivity index (χ4n) is 4.20. The van der Waals surface area contributed by atoms with Gasteiger partial charge >= 0.3 is 0 Å². The van der Waals surface area contributed by atoms with Crippen molar-refractivity contribution in [3.63, 3.8) is 0 Å². The van der Waals surface area contributed by atoms with Crippen molar-refractivity contribution in [2.75, 3.05) is 11.9 Å². The summed E-state index contributed by atoms with van der Waals surface area (Å²) < 4.78 is 6.98. The van der Waals surface area contributed by atoms with E-state index in [0.29, 0.717) is 17.3 Å². The lowest BCUT2D eigenvalue weighted by Crippen LogP contribution is -2.25. The van der Waals surface area contributed by atoms with Crippen molar-refractivity contribution in [3.05, 3.63) is 77.1 Å². The zero-order chi connectivity index (χ0) is 24.5. The van der Waals surface area contributed by atoms with Crippen LogP contribution in [0.2, 0.25) is 0 Å². The highest BCUT2D eigenvalue weighted by Gasteiger charge is 2.33. The van der Waals surface area contributed by atoms with Crippen LogP contribution in [0.3, 0.4) is 0 Å². The average Bonchev–Trinajstić information content (AvgIpc) is 3.19. The van der Waals surface area contributed by atoms with Gasteiger partial charge in [-0.1, -0.05) is 42.0 Å². The molecule has 2 aromatic heterocycles. The number of carbonyl (C=O) groups is 2. The lowest BCUT2D eigenvalue weighted by atomic mass is 9.86. The maximum Gasteiger partial charge on any atom is 0.272 e. The number of aryl methyl sites for hydroxylation is 2. The molecule has 1 aliphatic rings. The Bertz CT molecular complexity index is 1430. The molecule has 0 saturated carbocycles. The van der Waals surface area contributed by atoms with Crippen molar-refractivity contribution in [3.8, 4) is 23.0 Å². The first kappa shape index (κ1) is 22.2. The molecule has 0 spiro atoms. The number of nitrogens with zero attached hydrogens (tertiary/aromatic N) is 5. The van der Waals surface area contributed by atoms with E-state index in [1.807, 2.05) is 56.3 Å². The Hall–Kier alpha value is -4.60. The molecule has 0 unspecified atom stereocenters. The second-order valence-electron chi connectivity index (χ2n) is 8.40. The first-order valence-electron chi connectivity index (χ1n) is 11.1. The molecule has 1 atom stereocenters. The Morgan fingerprint density at radius 2 is 2.00 bits per heavy atom. The van der Waals surface area contributed by atoms with Gasteiger partial charge in [0.05, 0.1) is 17.6 Å². The number of nitrogens with two attached hydrogens (primary N) is 1. The van der Waals surface area contributed by atoms with Crippen LogP contribution in [0.25, 0.3) is 17.2 Å². The summed E-state index contributed by atoms with van der Waals surface area (Å²) >= 11 is 0. The van der Waals surface area contributed by atoms with Gasteiger partial charge in [-0.25, -0.2) is 4.98 Å². The zero-order valence-corrected chi connectivity index (χ0v) is 19.2. The zero-order valence-electron chi connectivity index (χ0n) is 19.2. The number of anilines is 1. The molecule has 0 bridgehead atoms. The van der Waals surface area contributed by atoms with Crippen molar-refractivity contribution in [1.82, 2.24) is 25.0 Å². The number of aromatic nitrogens is 5. The maximum atomic E-state index is 12.7. The molecule has 1 aliphatic heterocycles. The fourth-order valence-corrected chi connectivity index (χ4v) is 4.20. The quantitative estimate of drug-likeness (QED) is 0.443. The third-order valence-electron chi connectivity index (χ3n) is 5.83. The van der Waals surface area contributed by atoms with Crippen molar-refractivity contribution in [1.29, 1.82) is 0 Å². The van der Waals surface area contributed by atoms with E-state index in [-0.39, 0.29) is 30.8 Å². The number of hydrogen-bond donors (Lipinski definition) is 2. The average molecular weight is 470 g/mol. The summed E-state index contributed by atoms with van der Waals surface area (Å²) in [6.07, 6.45) is 1.83. The van der Waals surface area contributed by atoms with E-state index in [0.717, 1.165) is 27.9 Å². The predicted molar refractivity (Wildman–Crippen MR) is 128 cm³/mol. The maximum absolute atomic E-state index is 12.7. The van der Waals surface area contributed by atoms with Gasteiger partial charge in [-0.3, -0.25) is 9.59 Å². The van der Waals surface area contributed by atoms with E-state index in [2.05, 4.69) is 25.6 Å². The SMILES string of the molecule is Cc1ccc(-c2cnnc(-n3nc(C)c4c3NC(=O)C[C@H]4c3cccc(OCC(N)=O)c3)n2)cc1. The molecule has 3 N–H and O–H groups in total. The van der Waals surface area contributed by atoms with Gasteiger partial charge in [0, 0.05) is 23.5 Å². The molecular formula is C25H23N7O3. The molecule has 2 amide bonds. The molecule has 3 heterocycles. The van der Waals surface area contributed by atoms with Crippen LogP contribution >= 0.6 is 0 Å². The smallest absolute Gasteiger partial charge is 0.272 e. The molecule has 4 aromatic rings. The third-order valence-corrected chi connectivity index (χ3v) is 5.83. The second-order valence-corrected chi connectivity index (χ2v) is 8.40. The molecule has 0 aliphatic carbocycles. The van der Waals surface area contributed by atoms with Gasteiger partial charge in [-0.15, -0.1) is 5.10 Å². The van der Waals surface area contributed by atoms with Crippen LogP contribution in [0, 0.1) is 13.8 Å². The topological polar surface area (TPSA) is 138 Å². The summed E-state index contributed by atoms with van der Waals surface area (Å²) in [5, 5.41) is 15.9. The highest BCUT2D eigenvalue weighted by molar-refractivity contribution is 5.95. The standard InChI is InChI=1S/C25H23N7O3/c1-14-6-8-16(9-7-14)20-12-27-30-25(28-20)32-24-23(15(2)31-32)19(11-22(34)29-24)17-4-3-5-18(10-17)35-13-21(26)33/h3-10,12,19H,11,13H2,1-2H3,(H2,26,33)(H,29,34)/t19-/m0/s1. The molecule has 0 radical (unpaired) electrons. The minimum atomic E-state index is -0.562. The van der Waals surface area contributed by atoms with E-state index in [9.17, 15) is 9.59 Å². The molecule has 2 aromatic carbocycles. The highest BCUT2D eigenvalue weighted by atomic mass is 16.5. The van der Waals surface area contributed by atoms with Gasteiger partial charge in [0.25, 0.3) is 11.9 Å². The molecule has 5 rings (SSSR count). The van der Waals surface area contributed by atoms with Gasteiger partial charge in [0.15, 0.2) is 6.61 Å². The Kier molecular flexibility index (Phi) is 5.69. The molecule has 10 nitrogen and oxygen atoms in total. The number of amides is 2.